The molecule has 0 aromatic heterocycles. The van der Waals surface area contributed by atoms with Crippen LogP contribution in [0.1, 0.15) is 22.3 Å². The van der Waals surface area contributed by atoms with Crippen molar-refractivity contribution in [3.8, 4) is 17.2 Å². The number of hydrogen-bond acceptors (Lipinski definition) is 5. The van der Waals surface area contributed by atoms with Crippen molar-refractivity contribution in [1.29, 1.82) is 0 Å². The Hall–Kier alpha value is -3.22. The molecule has 0 saturated heterocycles. The SMILES string of the molecule is COc1cc(NC(=O)c2ccc3c(c2)CCC(=O)N3)cc(OC)c1OC. The van der Waals surface area contributed by atoms with Crippen LogP contribution in [0.15, 0.2) is 30.3 Å². The van der Waals surface area contributed by atoms with Crippen molar-refractivity contribution in [3.05, 3.63) is 41.5 Å². The molecule has 26 heavy (non-hydrogen) atoms. The molecule has 0 bridgehead atoms. The monoisotopic (exact) mass is 356 g/mol. The van der Waals surface area contributed by atoms with Gasteiger partial charge < -0.3 is 24.8 Å². The van der Waals surface area contributed by atoms with E-state index < -0.39 is 0 Å². The largest absolute Gasteiger partial charge is 0.493 e. The van der Waals surface area contributed by atoms with E-state index >= 15 is 0 Å². The Morgan fingerprint density at radius 1 is 1.00 bits per heavy atom. The number of nitrogens with one attached hydrogen (secondary N) is 2. The number of ether oxygens (including phenoxy) is 3. The van der Waals surface area contributed by atoms with Gasteiger partial charge in [-0.15, -0.1) is 0 Å². The van der Waals surface area contributed by atoms with Crippen LogP contribution in [0.5, 0.6) is 17.2 Å². The fraction of sp³-hybridized carbons (Fsp3) is 0.263. The number of carbonyl (C=O) groups excluding carboxylic acids is 2. The minimum absolute atomic E-state index is 0.00729. The van der Waals surface area contributed by atoms with E-state index in [1.54, 1.807) is 30.3 Å². The molecule has 2 aromatic carbocycles. The number of rotatable bonds is 5. The topological polar surface area (TPSA) is 85.9 Å². The fourth-order valence-corrected chi connectivity index (χ4v) is 2.88. The average Bonchev–Trinajstić information content (AvgIpc) is 2.66. The third-order valence-corrected chi connectivity index (χ3v) is 4.19. The van der Waals surface area contributed by atoms with Gasteiger partial charge in [-0.25, -0.2) is 0 Å². The summed E-state index contributed by atoms with van der Waals surface area (Å²) in [6.45, 7) is 0. The molecule has 0 saturated carbocycles. The number of methoxy groups -OCH3 is 3. The van der Waals surface area contributed by atoms with Crippen LogP contribution in [-0.2, 0) is 11.2 Å². The van der Waals surface area contributed by atoms with Crippen LogP contribution in [0, 0.1) is 0 Å². The Labute approximate surface area is 151 Å². The molecule has 0 unspecified atom stereocenters. The highest BCUT2D eigenvalue weighted by Gasteiger charge is 2.18. The molecule has 3 rings (SSSR count). The van der Waals surface area contributed by atoms with Gasteiger partial charge in [0.25, 0.3) is 5.91 Å². The van der Waals surface area contributed by atoms with Gasteiger partial charge in [-0.1, -0.05) is 0 Å². The summed E-state index contributed by atoms with van der Waals surface area (Å²) in [7, 11) is 4.55. The lowest BCUT2D eigenvalue weighted by Gasteiger charge is -2.18. The van der Waals surface area contributed by atoms with E-state index in [0.29, 0.717) is 41.3 Å². The van der Waals surface area contributed by atoms with E-state index in [1.165, 1.54) is 21.3 Å². The second-order valence-corrected chi connectivity index (χ2v) is 5.79. The summed E-state index contributed by atoms with van der Waals surface area (Å²) in [6, 6.07) is 8.55. The average molecular weight is 356 g/mol. The lowest BCUT2D eigenvalue weighted by molar-refractivity contribution is -0.116. The highest BCUT2D eigenvalue weighted by Crippen LogP contribution is 2.40. The predicted molar refractivity (Wildman–Crippen MR) is 97.4 cm³/mol. The second kappa shape index (κ2) is 7.35. The molecule has 0 aliphatic carbocycles. The number of hydrogen-bond donors (Lipinski definition) is 2. The normalized spacial score (nSPS) is 12.7. The first kappa shape index (κ1) is 17.6. The van der Waals surface area contributed by atoms with Gasteiger partial charge in [0.2, 0.25) is 11.7 Å². The maximum Gasteiger partial charge on any atom is 0.255 e. The summed E-state index contributed by atoms with van der Waals surface area (Å²) in [5.74, 6) is 1.09. The van der Waals surface area contributed by atoms with Crippen LogP contribution in [0.3, 0.4) is 0 Å². The predicted octanol–water partition coefficient (Wildman–Crippen LogP) is 2.85. The Balaban J connectivity index is 1.85. The van der Waals surface area contributed by atoms with Gasteiger partial charge >= 0.3 is 0 Å². The highest BCUT2D eigenvalue weighted by atomic mass is 16.5. The molecule has 2 aromatic rings. The summed E-state index contributed by atoms with van der Waals surface area (Å²) < 4.78 is 15.9. The van der Waals surface area contributed by atoms with E-state index in [1.807, 2.05) is 0 Å². The van der Waals surface area contributed by atoms with Crippen LogP contribution >= 0.6 is 0 Å². The molecule has 7 heteroatoms. The smallest absolute Gasteiger partial charge is 0.255 e. The first-order valence-electron chi connectivity index (χ1n) is 8.10. The van der Waals surface area contributed by atoms with E-state index in [-0.39, 0.29) is 11.8 Å². The van der Waals surface area contributed by atoms with Crippen LogP contribution < -0.4 is 24.8 Å². The van der Waals surface area contributed by atoms with E-state index in [4.69, 9.17) is 14.2 Å². The summed E-state index contributed by atoms with van der Waals surface area (Å²) >= 11 is 0. The first-order chi connectivity index (χ1) is 12.5. The van der Waals surface area contributed by atoms with Gasteiger partial charge in [-0.2, -0.15) is 0 Å². The van der Waals surface area contributed by atoms with E-state index in [9.17, 15) is 9.59 Å². The van der Waals surface area contributed by atoms with Crippen LogP contribution in [0.2, 0.25) is 0 Å². The molecule has 0 spiro atoms. The van der Waals surface area contributed by atoms with Crippen LogP contribution in [-0.4, -0.2) is 33.1 Å². The van der Waals surface area contributed by atoms with Gasteiger partial charge in [0.1, 0.15) is 0 Å². The quantitative estimate of drug-likeness (QED) is 0.860. The van der Waals surface area contributed by atoms with Gasteiger partial charge in [0.05, 0.1) is 21.3 Å². The minimum Gasteiger partial charge on any atom is -0.493 e. The second-order valence-electron chi connectivity index (χ2n) is 5.79. The minimum atomic E-state index is -0.265. The molecule has 1 aliphatic heterocycles. The molecular formula is C19H20N2O5. The van der Waals surface area contributed by atoms with Gasteiger partial charge in [0, 0.05) is 35.5 Å². The zero-order chi connectivity index (χ0) is 18.7. The number of fused-ring (bicyclic) bond motifs is 1. The zero-order valence-electron chi connectivity index (χ0n) is 14.8. The van der Waals surface area contributed by atoms with Crippen molar-refractivity contribution in [3.63, 3.8) is 0 Å². The number of aryl methyl sites for hydroxylation is 1. The molecule has 1 aliphatic rings. The summed E-state index contributed by atoms with van der Waals surface area (Å²) in [6.07, 6.45) is 1.04. The van der Waals surface area contributed by atoms with Crippen molar-refractivity contribution in [2.75, 3.05) is 32.0 Å². The number of benzene rings is 2. The molecular weight excluding hydrogens is 336 g/mol. The molecule has 136 valence electrons. The molecule has 0 atom stereocenters. The Kier molecular flexibility index (Phi) is 4.97. The maximum absolute atomic E-state index is 12.6. The first-order valence-corrected chi connectivity index (χ1v) is 8.10. The zero-order valence-corrected chi connectivity index (χ0v) is 14.8. The molecule has 0 fully saturated rings. The van der Waals surface area contributed by atoms with Gasteiger partial charge in [0.15, 0.2) is 11.5 Å². The number of carbonyl (C=O) groups is 2. The summed E-state index contributed by atoms with van der Waals surface area (Å²) in [5.41, 5.74) is 2.73. The maximum atomic E-state index is 12.6. The Morgan fingerprint density at radius 3 is 2.31 bits per heavy atom. The van der Waals surface area contributed by atoms with Crippen molar-refractivity contribution in [2.24, 2.45) is 0 Å². The van der Waals surface area contributed by atoms with Crippen LogP contribution in [0.25, 0.3) is 0 Å². The lowest BCUT2D eigenvalue weighted by Crippen LogP contribution is -2.20. The van der Waals surface area contributed by atoms with Gasteiger partial charge in [-0.3, -0.25) is 9.59 Å². The Bertz CT molecular complexity index is 838. The molecule has 0 radical (unpaired) electrons. The number of amides is 2. The standard InChI is InChI=1S/C19H20N2O5/c1-24-15-9-13(10-16(25-2)18(15)26-3)20-19(23)12-4-6-14-11(8-12)5-7-17(22)21-14/h4,6,8-10H,5,7H2,1-3H3,(H,20,23)(H,21,22). The third-order valence-electron chi connectivity index (χ3n) is 4.19. The fourth-order valence-electron chi connectivity index (χ4n) is 2.88. The van der Waals surface area contributed by atoms with E-state index in [0.717, 1.165) is 11.3 Å². The molecule has 7 nitrogen and oxygen atoms in total. The van der Waals surface area contributed by atoms with Crippen LogP contribution in [0.4, 0.5) is 11.4 Å². The molecule has 2 amide bonds. The van der Waals surface area contributed by atoms with Gasteiger partial charge in [-0.05, 0) is 30.2 Å². The Morgan fingerprint density at radius 2 is 1.69 bits per heavy atom. The van der Waals surface area contributed by atoms with Crippen molar-refractivity contribution >= 4 is 23.2 Å². The summed E-state index contributed by atoms with van der Waals surface area (Å²) in [4.78, 5) is 24.0. The summed E-state index contributed by atoms with van der Waals surface area (Å²) in [5, 5.41) is 5.63. The highest BCUT2D eigenvalue weighted by molar-refractivity contribution is 6.05. The number of anilines is 2. The van der Waals surface area contributed by atoms with Crippen molar-refractivity contribution in [2.45, 2.75) is 12.8 Å². The molecule has 1 heterocycles. The van der Waals surface area contributed by atoms with E-state index in [2.05, 4.69) is 10.6 Å². The lowest BCUT2D eigenvalue weighted by atomic mass is 10.00. The van der Waals surface area contributed by atoms with Crippen molar-refractivity contribution in [1.82, 2.24) is 0 Å². The molecule has 2 N–H and O–H groups in total. The third kappa shape index (κ3) is 3.42. The van der Waals surface area contributed by atoms with Crippen molar-refractivity contribution < 1.29 is 23.8 Å².